The van der Waals surface area contributed by atoms with Gasteiger partial charge in [-0.25, -0.2) is 4.79 Å². The molecule has 3 amide bonds. The lowest BCUT2D eigenvalue weighted by molar-refractivity contribution is -0.119. The number of fused-ring (bicyclic) bond motifs is 1. The van der Waals surface area contributed by atoms with Crippen LogP contribution in [0, 0.1) is 0 Å². The second kappa shape index (κ2) is 9.58. The quantitative estimate of drug-likeness (QED) is 0.426. The molecule has 1 aliphatic rings. The molecule has 34 heavy (non-hydrogen) atoms. The molecule has 1 atom stereocenters. The highest BCUT2D eigenvalue weighted by atomic mass is 16.5. The molecule has 0 saturated carbocycles. The van der Waals surface area contributed by atoms with Crippen molar-refractivity contribution < 1.29 is 28.7 Å². The Bertz CT molecular complexity index is 1270. The summed E-state index contributed by atoms with van der Waals surface area (Å²) in [5.41, 5.74) is 1.74. The number of carbonyl (C=O) groups is 4. The number of anilines is 1. The van der Waals surface area contributed by atoms with Crippen molar-refractivity contribution in [1.29, 1.82) is 0 Å². The number of benzene rings is 3. The van der Waals surface area contributed by atoms with Crippen molar-refractivity contribution in [1.82, 2.24) is 4.90 Å². The van der Waals surface area contributed by atoms with Crippen LogP contribution in [0.2, 0.25) is 0 Å². The van der Waals surface area contributed by atoms with Gasteiger partial charge < -0.3 is 14.8 Å². The van der Waals surface area contributed by atoms with Gasteiger partial charge in [0.25, 0.3) is 17.7 Å². The van der Waals surface area contributed by atoms with Gasteiger partial charge in [0.1, 0.15) is 5.75 Å². The summed E-state index contributed by atoms with van der Waals surface area (Å²) >= 11 is 0. The van der Waals surface area contributed by atoms with Crippen molar-refractivity contribution in [2.75, 3.05) is 19.0 Å². The summed E-state index contributed by atoms with van der Waals surface area (Å²) in [6, 6.07) is 19.7. The maximum atomic E-state index is 13.0. The minimum atomic E-state index is -0.779. The zero-order valence-electron chi connectivity index (χ0n) is 18.6. The van der Waals surface area contributed by atoms with E-state index < -0.39 is 36.3 Å². The molecule has 1 N–H and O–H groups in total. The number of esters is 1. The van der Waals surface area contributed by atoms with Crippen molar-refractivity contribution in [2.45, 2.75) is 13.0 Å². The Balaban J connectivity index is 1.42. The molecule has 0 radical (unpaired) electrons. The molecule has 3 aromatic rings. The number of hydrogen-bond acceptors (Lipinski definition) is 6. The summed E-state index contributed by atoms with van der Waals surface area (Å²) in [5, 5.41) is 2.61. The molecule has 8 nitrogen and oxygen atoms in total. The summed E-state index contributed by atoms with van der Waals surface area (Å²) < 4.78 is 10.2. The molecular formula is C26H22N2O6. The molecule has 0 fully saturated rings. The molecule has 0 spiro atoms. The van der Waals surface area contributed by atoms with Gasteiger partial charge in [0.05, 0.1) is 29.8 Å². The summed E-state index contributed by atoms with van der Waals surface area (Å²) in [6.07, 6.45) is 0. The highest BCUT2D eigenvalue weighted by Crippen LogP contribution is 2.31. The fourth-order valence-corrected chi connectivity index (χ4v) is 3.73. The SMILES string of the molecule is COc1cccc(NC(=O)COC(=O)c2ccc3c(c2)C(=O)N([C@H](C)c2ccccc2)C3=O)c1. The summed E-state index contributed by atoms with van der Waals surface area (Å²) in [4.78, 5) is 51.7. The first kappa shape index (κ1) is 22.7. The van der Waals surface area contributed by atoms with E-state index in [4.69, 9.17) is 9.47 Å². The monoisotopic (exact) mass is 458 g/mol. The fraction of sp³-hybridized carbons (Fsp3) is 0.154. The molecule has 0 aromatic heterocycles. The minimum absolute atomic E-state index is 0.0725. The number of hydrogen-bond donors (Lipinski definition) is 1. The molecule has 0 saturated heterocycles. The smallest absolute Gasteiger partial charge is 0.338 e. The van der Waals surface area contributed by atoms with Gasteiger partial charge in [-0.1, -0.05) is 36.4 Å². The zero-order valence-corrected chi connectivity index (χ0v) is 18.6. The van der Waals surface area contributed by atoms with E-state index in [0.29, 0.717) is 11.4 Å². The molecule has 1 aliphatic heterocycles. The van der Waals surface area contributed by atoms with Crippen molar-refractivity contribution in [3.63, 3.8) is 0 Å². The Morgan fingerprint density at radius 2 is 1.65 bits per heavy atom. The lowest BCUT2D eigenvalue weighted by atomic mass is 10.1. The van der Waals surface area contributed by atoms with Crippen molar-refractivity contribution in [3.8, 4) is 5.75 Å². The molecular weight excluding hydrogens is 436 g/mol. The number of imide groups is 1. The first-order valence-electron chi connectivity index (χ1n) is 10.6. The van der Waals surface area contributed by atoms with Gasteiger partial charge in [-0.2, -0.15) is 0 Å². The van der Waals surface area contributed by atoms with Gasteiger partial charge in [-0.3, -0.25) is 19.3 Å². The lowest BCUT2D eigenvalue weighted by Gasteiger charge is -2.22. The number of carbonyl (C=O) groups excluding carboxylic acids is 4. The fourth-order valence-electron chi connectivity index (χ4n) is 3.73. The van der Waals surface area contributed by atoms with Crippen LogP contribution in [0.25, 0.3) is 0 Å². The third-order valence-corrected chi connectivity index (χ3v) is 5.51. The summed E-state index contributed by atoms with van der Waals surface area (Å²) in [6.45, 7) is 1.25. The number of nitrogens with zero attached hydrogens (tertiary/aromatic N) is 1. The van der Waals surface area contributed by atoms with E-state index in [-0.39, 0.29) is 16.7 Å². The number of amides is 3. The Morgan fingerprint density at radius 1 is 0.912 bits per heavy atom. The first-order chi connectivity index (χ1) is 16.4. The molecule has 0 unspecified atom stereocenters. The Morgan fingerprint density at radius 3 is 2.38 bits per heavy atom. The van der Waals surface area contributed by atoms with Crippen LogP contribution in [0.1, 0.15) is 49.6 Å². The zero-order chi connectivity index (χ0) is 24.2. The highest BCUT2D eigenvalue weighted by molar-refractivity contribution is 6.22. The maximum Gasteiger partial charge on any atom is 0.338 e. The number of ether oxygens (including phenoxy) is 2. The predicted molar refractivity (Wildman–Crippen MR) is 124 cm³/mol. The molecule has 1 heterocycles. The normalized spacial score (nSPS) is 13.3. The van der Waals surface area contributed by atoms with Crippen LogP contribution in [0.5, 0.6) is 5.75 Å². The van der Waals surface area contributed by atoms with Crippen molar-refractivity contribution in [2.24, 2.45) is 0 Å². The summed E-state index contributed by atoms with van der Waals surface area (Å²) in [5.74, 6) is -1.64. The standard InChI is InChI=1S/C26H22N2O6/c1-16(17-7-4-3-5-8-17)28-24(30)21-12-11-18(13-22(21)25(28)31)26(32)34-15-23(29)27-19-9-6-10-20(14-19)33-2/h3-14,16H,15H2,1-2H3,(H,27,29)/t16-/m1/s1. The van der Waals surface area contributed by atoms with Gasteiger partial charge in [-0.05, 0) is 42.8 Å². The van der Waals surface area contributed by atoms with Crippen LogP contribution in [0.15, 0.2) is 72.8 Å². The topological polar surface area (TPSA) is 102 Å². The molecule has 8 heteroatoms. The van der Waals surface area contributed by atoms with Crippen LogP contribution in [-0.2, 0) is 9.53 Å². The van der Waals surface area contributed by atoms with Crippen molar-refractivity contribution >= 4 is 29.4 Å². The molecule has 172 valence electrons. The van der Waals surface area contributed by atoms with E-state index in [1.165, 1.54) is 30.2 Å². The minimum Gasteiger partial charge on any atom is -0.497 e. The molecule has 0 aliphatic carbocycles. The number of methoxy groups -OCH3 is 1. The second-order valence-corrected chi connectivity index (χ2v) is 7.68. The largest absolute Gasteiger partial charge is 0.497 e. The Hall–Kier alpha value is -4.46. The van der Waals surface area contributed by atoms with E-state index in [9.17, 15) is 19.2 Å². The van der Waals surface area contributed by atoms with E-state index in [1.807, 2.05) is 30.3 Å². The lowest BCUT2D eigenvalue weighted by Crippen LogP contribution is -2.32. The average Bonchev–Trinajstić information content (AvgIpc) is 3.11. The average molecular weight is 458 g/mol. The third-order valence-electron chi connectivity index (χ3n) is 5.51. The molecule has 3 aromatic carbocycles. The Kier molecular flexibility index (Phi) is 6.40. The van der Waals surface area contributed by atoms with Crippen LogP contribution >= 0.6 is 0 Å². The van der Waals surface area contributed by atoms with Gasteiger partial charge >= 0.3 is 5.97 Å². The van der Waals surface area contributed by atoms with Crippen LogP contribution in [0.4, 0.5) is 5.69 Å². The maximum absolute atomic E-state index is 13.0. The Labute approximate surface area is 196 Å². The number of nitrogens with one attached hydrogen (secondary N) is 1. The van der Waals surface area contributed by atoms with Crippen molar-refractivity contribution in [3.05, 3.63) is 95.1 Å². The predicted octanol–water partition coefficient (Wildman–Crippen LogP) is 3.85. The highest BCUT2D eigenvalue weighted by Gasteiger charge is 2.39. The van der Waals surface area contributed by atoms with E-state index in [2.05, 4.69) is 5.32 Å². The van der Waals surface area contributed by atoms with E-state index >= 15 is 0 Å². The van der Waals surface area contributed by atoms with Crippen LogP contribution < -0.4 is 10.1 Å². The van der Waals surface area contributed by atoms with Gasteiger partial charge in [-0.15, -0.1) is 0 Å². The molecule has 4 rings (SSSR count). The number of rotatable bonds is 7. The second-order valence-electron chi connectivity index (χ2n) is 7.68. The van der Waals surface area contributed by atoms with Gasteiger partial charge in [0.15, 0.2) is 6.61 Å². The van der Waals surface area contributed by atoms with Crippen LogP contribution in [0.3, 0.4) is 0 Å². The van der Waals surface area contributed by atoms with Gasteiger partial charge in [0, 0.05) is 11.8 Å². The van der Waals surface area contributed by atoms with Gasteiger partial charge in [0.2, 0.25) is 0 Å². The first-order valence-corrected chi connectivity index (χ1v) is 10.6. The summed E-state index contributed by atoms with van der Waals surface area (Å²) in [7, 11) is 1.51. The van der Waals surface area contributed by atoms with Crippen LogP contribution in [-0.4, -0.2) is 42.3 Å². The van der Waals surface area contributed by atoms with E-state index in [0.717, 1.165) is 5.56 Å². The van der Waals surface area contributed by atoms with E-state index in [1.54, 1.807) is 31.2 Å². The third kappa shape index (κ3) is 4.52. The molecule has 0 bridgehead atoms.